The van der Waals surface area contributed by atoms with Crippen molar-refractivity contribution in [2.24, 2.45) is 11.8 Å². The van der Waals surface area contributed by atoms with Crippen molar-refractivity contribution >= 4 is 17.0 Å². The molecular weight excluding hydrogens is 468 g/mol. The van der Waals surface area contributed by atoms with Gasteiger partial charge in [-0.15, -0.1) is 17.0 Å². The van der Waals surface area contributed by atoms with Gasteiger partial charge in [0.2, 0.25) is 0 Å². The normalized spacial score (nSPS) is 22.5. The van der Waals surface area contributed by atoms with E-state index in [-0.39, 0.29) is 17.0 Å². The van der Waals surface area contributed by atoms with Gasteiger partial charge in [0, 0.05) is 25.2 Å². The van der Waals surface area contributed by atoms with Gasteiger partial charge >= 0.3 is 0 Å². The van der Waals surface area contributed by atoms with Crippen molar-refractivity contribution in [3.8, 4) is 0 Å². The Labute approximate surface area is 219 Å². The van der Waals surface area contributed by atoms with Gasteiger partial charge in [-0.1, -0.05) is 118 Å². The van der Waals surface area contributed by atoms with Gasteiger partial charge in [0.1, 0.15) is 0 Å². The zero-order valence-electron chi connectivity index (χ0n) is 23.2. The van der Waals surface area contributed by atoms with Crippen LogP contribution in [0.5, 0.6) is 0 Å². The van der Waals surface area contributed by atoms with E-state index >= 15 is 0 Å². The fourth-order valence-corrected chi connectivity index (χ4v) is 6.16. The summed E-state index contributed by atoms with van der Waals surface area (Å²) in [5.74, 6) is 1.73. The molecule has 0 spiro atoms. The van der Waals surface area contributed by atoms with E-state index in [0.29, 0.717) is 0 Å². The van der Waals surface area contributed by atoms with E-state index in [2.05, 4.69) is 37.7 Å². The molecule has 2 aliphatic rings. The molecule has 0 bridgehead atoms. The summed E-state index contributed by atoms with van der Waals surface area (Å²) in [4.78, 5) is 0. The highest BCUT2D eigenvalue weighted by molar-refractivity contribution is 8.93. The molecule has 1 aliphatic carbocycles. The van der Waals surface area contributed by atoms with Crippen LogP contribution in [-0.4, -0.2) is 35.2 Å². The first-order valence-electron chi connectivity index (χ1n) is 15.1. The highest BCUT2D eigenvalue weighted by Crippen LogP contribution is 2.29. The minimum Gasteiger partial charge on any atom is -0.238 e. The van der Waals surface area contributed by atoms with Gasteiger partial charge < -0.3 is 0 Å². The standard InChI is InChI=1S/C30H60N2.BrH/c1-27(2)19-11-8-15-23-30-24-16-10-18-26-32(29-21-13-6-5-7-14-22-29)31(30)25-17-9-12-20-28(3)4;/h27-30H,5-26H2,1-4H3;1H. The number of hydrazine groups is 1. The van der Waals surface area contributed by atoms with E-state index in [1.807, 2.05) is 0 Å². The largest absolute Gasteiger partial charge is 0.238 e. The van der Waals surface area contributed by atoms with E-state index in [4.69, 9.17) is 0 Å². The Bertz CT molecular complexity index is 431. The van der Waals surface area contributed by atoms with Crippen molar-refractivity contribution in [3.05, 3.63) is 0 Å². The minimum atomic E-state index is 0. The first kappa shape index (κ1) is 31.4. The van der Waals surface area contributed by atoms with E-state index in [9.17, 15) is 0 Å². The van der Waals surface area contributed by atoms with Crippen molar-refractivity contribution in [3.63, 3.8) is 0 Å². The average Bonchev–Trinajstić information content (AvgIpc) is 2.71. The van der Waals surface area contributed by atoms with Crippen LogP contribution in [0.2, 0.25) is 0 Å². The summed E-state index contributed by atoms with van der Waals surface area (Å²) in [6, 6.07) is 1.64. The number of unbranched alkanes of at least 4 members (excludes halogenated alkanes) is 4. The van der Waals surface area contributed by atoms with Crippen molar-refractivity contribution in [1.82, 2.24) is 10.0 Å². The Morgan fingerprint density at radius 2 is 1.15 bits per heavy atom. The maximum Gasteiger partial charge on any atom is 0.0246 e. The Morgan fingerprint density at radius 3 is 1.79 bits per heavy atom. The Balaban J connectivity index is 0.00000544. The third-order valence-electron chi connectivity index (χ3n) is 8.16. The molecule has 0 radical (unpaired) electrons. The summed E-state index contributed by atoms with van der Waals surface area (Å²) in [7, 11) is 0. The van der Waals surface area contributed by atoms with Crippen molar-refractivity contribution in [2.75, 3.05) is 13.1 Å². The molecule has 0 aromatic rings. The van der Waals surface area contributed by atoms with Crippen molar-refractivity contribution in [2.45, 2.75) is 168 Å². The summed E-state index contributed by atoms with van der Waals surface area (Å²) < 4.78 is 0. The predicted octanol–water partition coefficient (Wildman–Crippen LogP) is 9.96. The second-order valence-electron chi connectivity index (χ2n) is 12.1. The SMILES string of the molecule is Br.CC(C)CCCCCC1CCCCCN(C2CCCCCCC2)N1CCCCCC(C)C. The molecule has 33 heavy (non-hydrogen) atoms. The van der Waals surface area contributed by atoms with Crippen LogP contribution >= 0.6 is 17.0 Å². The highest BCUT2D eigenvalue weighted by atomic mass is 79.9. The highest BCUT2D eigenvalue weighted by Gasteiger charge is 2.30. The van der Waals surface area contributed by atoms with Crippen LogP contribution in [0, 0.1) is 11.8 Å². The molecule has 0 amide bonds. The Hall–Kier alpha value is 0.400. The van der Waals surface area contributed by atoms with Gasteiger partial charge in [-0.3, -0.25) is 0 Å². The van der Waals surface area contributed by atoms with E-state index in [1.165, 1.54) is 142 Å². The van der Waals surface area contributed by atoms with Gasteiger partial charge in [-0.2, -0.15) is 0 Å². The van der Waals surface area contributed by atoms with E-state index in [0.717, 1.165) is 23.9 Å². The van der Waals surface area contributed by atoms with Crippen LogP contribution < -0.4 is 0 Å². The number of nitrogens with zero attached hydrogens (tertiary/aromatic N) is 2. The molecule has 1 saturated carbocycles. The lowest BCUT2D eigenvalue weighted by atomic mass is 9.94. The number of halogens is 1. The lowest BCUT2D eigenvalue weighted by molar-refractivity contribution is -0.109. The van der Waals surface area contributed by atoms with E-state index in [1.54, 1.807) is 0 Å². The summed E-state index contributed by atoms with van der Waals surface area (Å²) in [5, 5.41) is 5.94. The molecular formula is C30H61BrN2. The topological polar surface area (TPSA) is 6.48 Å². The minimum absolute atomic E-state index is 0. The maximum absolute atomic E-state index is 2.98. The monoisotopic (exact) mass is 528 g/mol. The summed E-state index contributed by atoms with van der Waals surface area (Å²) in [5.41, 5.74) is 0. The molecule has 3 heteroatoms. The molecule has 1 unspecified atom stereocenters. The second kappa shape index (κ2) is 19.6. The Kier molecular flexibility index (Phi) is 18.6. The lowest BCUT2D eigenvalue weighted by Gasteiger charge is -2.47. The van der Waals surface area contributed by atoms with Gasteiger partial charge in [0.25, 0.3) is 0 Å². The molecule has 1 aliphatic heterocycles. The molecule has 198 valence electrons. The zero-order valence-corrected chi connectivity index (χ0v) is 24.9. The Morgan fingerprint density at radius 1 is 0.606 bits per heavy atom. The molecule has 2 nitrogen and oxygen atoms in total. The third kappa shape index (κ3) is 13.9. The van der Waals surface area contributed by atoms with Crippen LogP contribution in [-0.2, 0) is 0 Å². The summed E-state index contributed by atoms with van der Waals surface area (Å²) >= 11 is 0. The molecule has 2 fully saturated rings. The van der Waals surface area contributed by atoms with Gasteiger partial charge in [0.05, 0.1) is 0 Å². The molecule has 0 aromatic heterocycles. The molecule has 1 atom stereocenters. The second-order valence-corrected chi connectivity index (χ2v) is 12.1. The fourth-order valence-electron chi connectivity index (χ4n) is 6.16. The van der Waals surface area contributed by atoms with Crippen molar-refractivity contribution in [1.29, 1.82) is 0 Å². The summed E-state index contributed by atoms with van der Waals surface area (Å²) in [6.07, 6.45) is 28.9. The molecule has 0 aromatic carbocycles. The van der Waals surface area contributed by atoms with Crippen molar-refractivity contribution < 1.29 is 0 Å². The van der Waals surface area contributed by atoms with Crippen LogP contribution in [0.25, 0.3) is 0 Å². The predicted molar refractivity (Wildman–Crippen MR) is 153 cm³/mol. The fraction of sp³-hybridized carbons (Fsp3) is 1.00. The smallest absolute Gasteiger partial charge is 0.0246 e. The average molecular weight is 530 g/mol. The number of rotatable bonds is 13. The quantitative estimate of drug-likeness (QED) is 0.219. The van der Waals surface area contributed by atoms with Crippen LogP contribution in [0.3, 0.4) is 0 Å². The molecule has 1 heterocycles. The first-order chi connectivity index (χ1) is 15.6. The summed E-state index contributed by atoms with van der Waals surface area (Å²) in [6.45, 7) is 12.2. The third-order valence-corrected chi connectivity index (χ3v) is 8.16. The van der Waals surface area contributed by atoms with Crippen LogP contribution in [0.15, 0.2) is 0 Å². The van der Waals surface area contributed by atoms with Crippen LogP contribution in [0.1, 0.15) is 156 Å². The number of hydrogen-bond donors (Lipinski definition) is 0. The molecule has 1 saturated heterocycles. The van der Waals surface area contributed by atoms with Crippen LogP contribution in [0.4, 0.5) is 0 Å². The number of hydrogen-bond acceptors (Lipinski definition) is 2. The van der Waals surface area contributed by atoms with Gasteiger partial charge in [-0.05, 0) is 50.4 Å². The lowest BCUT2D eigenvalue weighted by Crippen LogP contribution is -2.55. The molecule has 0 N–H and O–H groups in total. The van der Waals surface area contributed by atoms with E-state index < -0.39 is 0 Å². The first-order valence-corrected chi connectivity index (χ1v) is 15.1. The maximum atomic E-state index is 2.98. The molecule has 2 rings (SSSR count). The zero-order chi connectivity index (χ0) is 23.0. The van der Waals surface area contributed by atoms with Gasteiger partial charge in [0.15, 0.2) is 0 Å². The van der Waals surface area contributed by atoms with Gasteiger partial charge in [-0.25, -0.2) is 10.0 Å².